The van der Waals surface area contributed by atoms with E-state index in [1.807, 2.05) is 6.07 Å². The normalized spacial score (nSPS) is 19.6. The van der Waals surface area contributed by atoms with E-state index in [4.69, 9.17) is 53.1 Å². The van der Waals surface area contributed by atoms with Gasteiger partial charge in [-0.2, -0.15) is 5.10 Å². The molecule has 2 heterocycles. The minimum atomic E-state index is -2.74. The lowest BCUT2D eigenvalue weighted by atomic mass is 9.96. The average molecular weight is 534 g/mol. The van der Waals surface area contributed by atoms with E-state index in [-0.39, 0.29) is 6.10 Å². The van der Waals surface area contributed by atoms with Gasteiger partial charge in [0.05, 0.1) is 30.6 Å². The van der Waals surface area contributed by atoms with Crippen LogP contribution in [-0.2, 0) is 36.2 Å². The molecule has 1 aliphatic rings. The molecule has 1 aromatic heterocycles. The molecule has 2 unspecified atom stereocenters. The van der Waals surface area contributed by atoms with Crippen LogP contribution in [0.3, 0.4) is 0 Å². The summed E-state index contributed by atoms with van der Waals surface area (Å²) in [6, 6.07) is 5.32. The number of hydrogen-bond donors (Lipinski definition) is 4. The lowest BCUT2D eigenvalue weighted by Gasteiger charge is -2.29. The van der Waals surface area contributed by atoms with E-state index in [1.54, 1.807) is 23.1 Å². The molecular formula is C21H25Cl2N3O9. The Morgan fingerprint density at radius 2 is 1.86 bits per heavy atom. The third-order valence-electron chi connectivity index (χ3n) is 4.93. The highest BCUT2D eigenvalue weighted by Gasteiger charge is 2.45. The van der Waals surface area contributed by atoms with Gasteiger partial charge in [-0.15, -0.1) is 0 Å². The van der Waals surface area contributed by atoms with Gasteiger partial charge in [-0.25, -0.2) is 14.5 Å². The highest BCUT2D eigenvalue weighted by Crippen LogP contribution is 2.41. The molecule has 1 aromatic carbocycles. The summed E-state index contributed by atoms with van der Waals surface area (Å²) in [6.45, 7) is 3.03. The van der Waals surface area contributed by atoms with Gasteiger partial charge in [-0.05, 0) is 18.6 Å². The smallest absolute Gasteiger partial charge is 0.336 e. The maximum atomic E-state index is 10.3. The molecule has 0 spiro atoms. The maximum absolute atomic E-state index is 10.3. The number of aliphatic hydroxyl groups is 1. The molecular weight excluding hydrogens is 509 g/mol. The zero-order chi connectivity index (χ0) is 26.2. The minimum Gasteiger partial charge on any atom is -0.481 e. The van der Waals surface area contributed by atoms with Gasteiger partial charge >= 0.3 is 17.9 Å². The van der Waals surface area contributed by atoms with Crippen LogP contribution >= 0.6 is 23.2 Å². The van der Waals surface area contributed by atoms with E-state index in [0.717, 1.165) is 18.4 Å². The van der Waals surface area contributed by atoms with Crippen LogP contribution in [0.15, 0.2) is 30.9 Å². The quantitative estimate of drug-likeness (QED) is 0.351. The molecule has 35 heavy (non-hydrogen) atoms. The van der Waals surface area contributed by atoms with Gasteiger partial charge in [-0.1, -0.05) is 42.6 Å². The molecule has 0 bridgehead atoms. The van der Waals surface area contributed by atoms with E-state index in [2.05, 4.69) is 17.0 Å². The minimum absolute atomic E-state index is 0.0419. The van der Waals surface area contributed by atoms with E-state index in [1.165, 1.54) is 6.33 Å². The van der Waals surface area contributed by atoms with Crippen molar-refractivity contribution in [1.29, 1.82) is 0 Å². The molecule has 2 aromatic rings. The molecule has 0 radical (unpaired) electrons. The van der Waals surface area contributed by atoms with Gasteiger partial charge in [0.15, 0.2) is 5.60 Å². The van der Waals surface area contributed by atoms with Crippen LogP contribution in [0.5, 0.6) is 0 Å². The Kier molecular flexibility index (Phi) is 9.98. The second kappa shape index (κ2) is 12.3. The number of rotatable bonds is 10. The predicted molar refractivity (Wildman–Crippen MR) is 121 cm³/mol. The van der Waals surface area contributed by atoms with Crippen LogP contribution < -0.4 is 0 Å². The van der Waals surface area contributed by atoms with Crippen LogP contribution in [0.2, 0.25) is 10.0 Å². The number of aromatic nitrogens is 3. The number of carbonyl (C=O) groups is 3. The molecule has 4 N–H and O–H groups in total. The van der Waals surface area contributed by atoms with E-state index in [0.29, 0.717) is 23.2 Å². The summed E-state index contributed by atoms with van der Waals surface area (Å²) in [5.74, 6) is -5.98. The number of halogens is 2. The van der Waals surface area contributed by atoms with E-state index in [9.17, 15) is 14.4 Å². The van der Waals surface area contributed by atoms with Gasteiger partial charge in [0.2, 0.25) is 5.79 Å². The van der Waals surface area contributed by atoms with Crippen molar-refractivity contribution < 1.29 is 44.3 Å². The predicted octanol–water partition coefficient (Wildman–Crippen LogP) is 2.40. The van der Waals surface area contributed by atoms with Gasteiger partial charge in [0.25, 0.3) is 0 Å². The molecule has 192 valence electrons. The molecule has 2 atom stereocenters. The highest BCUT2D eigenvalue weighted by molar-refractivity contribution is 6.35. The fraction of sp³-hybridized carbons (Fsp3) is 0.476. The van der Waals surface area contributed by atoms with Crippen LogP contribution in [0.4, 0.5) is 0 Å². The standard InChI is InChI=1S/C15H17Cl2N3O2.C6H8O7/c1-2-3-12-7-21-15(22-12,8-20-10-18-9-19-20)13-5-4-11(16)6-14(13)17;7-3(8)1-6(13,5(11)12)2-4(9)10/h4-6,9-10,12H,2-3,7-8H2,1H3;13H,1-2H2,(H,7,8)(H,9,10)(H,11,12). The summed E-state index contributed by atoms with van der Waals surface area (Å²) in [4.78, 5) is 34.5. The molecule has 1 fully saturated rings. The number of benzene rings is 1. The Bertz CT molecular complexity index is 1020. The largest absolute Gasteiger partial charge is 0.481 e. The highest BCUT2D eigenvalue weighted by atomic mass is 35.5. The van der Waals surface area contributed by atoms with Gasteiger partial charge in [-0.3, -0.25) is 9.59 Å². The fourth-order valence-electron chi connectivity index (χ4n) is 3.38. The van der Waals surface area contributed by atoms with Crippen molar-refractivity contribution in [2.75, 3.05) is 6.61 Å². The summed E-state index contributed by atoms with van der Waals surface area (Å²) in [5.41, 5.74) is -1.98. The lowest BCUT2D eigenvalue weighted by Crippen LogP contribution is -2.42. The molecule has 1 aliphatic heterocycles. The van der Waals surface area contributed by atoms with Crippen molar-refractivity contribution in [2.45, 2.75) is 56.6 Å². The molecule has 0 saturated carbocycles. The van der Waals surface area contributed by atoms with Crippen molar-refractivity contribution in [3.05, 3.63) is 46.5 Å². The second-order valence-electron chi connectivity index (χ2n) is 7.79. The Morgan fingerprint density at radius 1 is 1.20 bits per heavy atom. The first kappa shape index (κ1) is 28.5. The van der Waals surface area contributed by atoms with Crippen molar-refractivity contribution in [2.24, 2.45) is 0 Å². The van der Waals surface area contributed by atoms with Gasteiger partial charge in [0.1, 0.15) is 19.2 Å². The van der Waals surface area contributed by atoms with Crippen LogP contribution in [0, 0.1) is 0 Å². The molecule has 1 saturated heterocycles. The average Bonchev–Trinajstić information content (AvgIpc) is 3.38. The summed E-state index contributed by atoms with van der Waals surface area (Å²) in [5, 5.41) is 39.1. The zero-order valence-corrected chi connectivity index (χ0v) is 20.1. The number of aliphatic carboxylic acids is 3. The number of carboxylic acids is 3. The summed E-state index contributed by atoms with van der Waals surface area (Å²) in [6.07, 6.45) is 2.83. The summed E-state index contributed by atoms with van der Waals surface area (Å²) >= 11 is 12.4. The first-order chi connectivity index (χ1) is 16.4. The molecule has 0 aliphatic carbocycles. The van der Waals surface area contributed by atoms with Crippen LogP contribution in [-0.4, -0.2) is 71.4 Å². The summed E-state index contributed by atoms with van der Waals surface area (Å²) in [7, 11) is 0. The first-order valence-corrected chi connectivity index (χ1v) is 11.2. The van der Waals surface area contributed by atoms with E-state index >= 15 is 0 Å². The third-order valence-corrected chi connectivity index (χ3v) is 5.48. The third kappa shape index (κ3) is 7.87. The Balaban J connectivity index is 0.000000287. The molecule has 12 nitrogen and oxygen atoms in total. The fourth-order valence-corrected chi connectivity index (χ4v) is 3.93. The van der Waals surface area contributed by atoms with Crippen molar-refractivity contribution in [3.8, 4) is 0 Å². The van der Waals surface area contributed by atoms with Gasteiger partial charge in [0, 0.05) is 10.6 Å². The molecule has 14 heteroatoms. The maximum Gasteiger partial charge on any atom is 0.336 e. The molecule has 3 rings (SSSR count). The van der Waals surface area contributed by atoms with Crippen molar-refractivity contribution in [1.82, 2.24) is 14.8 Å². The molecule has 0 amide bonds. The zero-order valence-electron chi connectivity index (χ0n) is 18.6. The second-order valence-corrected chi connectivity index (χ2v) is 8.63. The number of nitrogens with zero attached hydrogens (tertiary/aromatic N) is 3. The van der Waals surface area contributed by atoms with Crippen molar-refractivity contribution in [3.63, 3.8) is 0 Å². The SMILES string of the molecule is CCCC1COC(Cn2cncn2)(c2ccc(Cl)cc2Cl)O1.O=C(O)CC(O)(CC(=O)O)C(=O)O. The summed E-state index contributed by atoms with van der Waals surface area (Å²) < 4.78 is 14.0. The number of ether oxygens (including phenoxy) is 2. The van der Waals surface area contributed by atoms with E-state index < -0.39 is 42.1 Å². The van der Waals surface area contributed by atoms with Crippen LogP contribution in [0.1, 0.15) is 38.2 Å². The van der Waals surface area contributed by atoms with Crippen molar-refractivity contribution >= 4 is 41.1 Å². The first-order valence-electron chi connectivity index (χ1n) is 10.4. The topological polar surface area (TPSA) is 181 Å². The Hall–Kier alpha value is -2.77. The monoisotopic (exact) mass is 533 g/mol. The van der Waals surface area contributed by atoms with Crippen LogP contribution in [0.25, 0.3) is 0 Å². The number of carboxylic acid groups (broad SMARTS) is 3. The lowest BCUT2D eigenvalue weighted by molar-refractivity contribution is -0.189. The number of hydrogen-bond acceptors (Lipinski definition) is 8. The van der Waals surface area contributed by atoms with Gasteiger partial charge < -0.3 is 29.9 Å². The Labute approximate surface area is 210 Å². The Morgan fingerprint density at radius 3 is 2.34 bits per heavy atom.